The number of rotatable bonds is 5. The van der Waals surface area contributed by atoms with E-state index in [1.54, 1.807) is 0 Å². The largest absolute Gasteiger partial charge is 0.494 e. The van der Waals surface area contributed by atoms with Gasteiger partial charge in [0.25, 0.3) is 0 Å². The molecule has 1 fully saturated rings. The summed E-state index contributed by atoms with van der Waals surface area (Å²) in [5, 5.41) is 5.89. The Bertz CT molecular complexity index is 839. The zero-order valence-electron chi connectivity index (χ0n) is 18.9. The fraction of sp³-hybridized carbons (Fsp3) is 0.667. The molecule has 1 aromatic heterocycles. The normalized spacial score (nSPS) is 19.5. The number of aromatic nitrogens is 2. The maximum absolute atomic E-state index is 6.31. The van der Waals surface area contributed by atoms with E-state index in [0.717, 1.165) is 22.9 Å². The summed E-state index contributed by atoms with van der Waals surface area (Å²) in [6.07, 6.45) is 1.91. The maximum Gasteiger partial charge on any atom is 0.494 e. The first kappa shape index (κ1) is 21.6. The molecule has 0 aliphatic carbocycles. The minimum absolute atomic E-state index is 0.219. The Hall–Kier alpha value is -1.15. The molecular weight excluding hydrogens is 367 g/mol. The Kier molecular flexibility index (Phi) is 5.37. The monoisotopic (exact) mass is 402 g/mol. The van der Waals surface area contributed by atoms with Gasteiger partial charge in [0.15, 0.2) is 8.32 Å². The van der Waals surface area contributed by atoms with Gasteiger partial charge >= 0.3 is 7.12 Å². The van der Waals surface area contributed by atoms with Crippen molar-refractivity contribution >= 4 is 31.8 Å². The molecule has 5 nitrogen and oxygen atoms in total. The van der Waals surface area contributed by atoms with Gasteiger partial charge in [0.05, 0.1) is 36.1 Å². The Morgan fingerprint density at radius 1 is 1.11 bits per heavy atom. The Morgan fingerprint density at radius 2 is 1.71 bits per heavy atom. The summed E-state index contributed by atoms with van der Waals surface area (Å²) >= 11 is 0. The minimum atomic E-state index is -1.73. The van der Waals surface area contributed by atoms with Crippen LogP contribution in [0.15, 0.2) is 24.4 Å². The predicted molar refractivity (Wildman–Crippen MR) is 119 cm³/mol. The molecule has 3 rings (SSSR count). The Labute approximate surface area is 171 Å². The van der Waals surface area contributed by atoms with Crippen molar-refractivity contribution in [2.24, 2.45) is 0 Å². The van der Waals surface area contributed by atoms with Crippen LogP contribution in [0.3, 0.4) is 0 Å². The van der Waals surface area contributed by atoms with Crippen LogP contribution in [0.25, 0.3) is 10.9 Å². The summed E-state index contributed by atoms with van der Waals surface area (Å²) in [6, 6.07) is 6.31. The van der Waals surface area contributed by atoms with Gasteiger partial charge in [0.2, 0.25) is 0 Å². The lowest BCUT2D eigenvalue weighted by Crippen LogP contribution is -2.41. The van der Waals surface area contributed by atoms with Crippen molar-refractivity contribution < 1.29 is 13.7 Å². The standard InChI is InChI=1S/C21H35BN2O3Si/c1-19(2,3)28(8,9)25-13-12-24-18-11-10-17(14-16(18)15-23-24)22-26-20(4,5)21(6,7)27-22/h10-11,14-15H,12-13H2,1-9H3. The molecule has 0 spiro atoms. The van der Waals surface area contributed by atoms with Gasteiger partial charge in [-0.15, -0.1) is 0 Å². The molecular formula is C21H35BN2O3Si. The topological polar surface area (TPSA) is 45.5 Å². The highest BCUT2D eigenvalue weighted by atomic mass is 28.4. The average molecular weight is 402 g/mol. The lowest BCUT2D eigenvalue weighted by atomic mass is 9.79. The first-order valence-electron chi connectivity index (χ1n) is 10.2. The van der Waals surface area contributed by atoms with Crippen LogP contribution in [0.4, 0.5) is 0 Å². The summed E-state index contributed by atoms with van der Waals surface area (Å²) in [7, 11) is -2.08. The van der Waals surface area contributed by atoms with Crippen LogP contribution in [0.2, 0.25) is 18.1 Å². The summed E-state index contributed by atoms with van der Waals surface area (Å²) < 4.78 is 20.7. The molecule has 0 saturated carbocycles. The first-order valence-corrected chi connectivity index (χ1v) is 13.1. The van der Waals surface area contributed by atoms with Crippen LogP contribution in [0.1, 0.15) is 48.5 Å². The van der Waals surface area contributed by atoms with E-state index < -0.39 is 8.32 Å². The molecule has 1 aliphatic rings. The highest BCUT2D eigenvalue weighted by Crippen LogP contribution is 2.37. The Morgan fingerprint density at radius 3 is 2.29 bits per heavy atom. The van der Waals surface area contributed by atoms with Gasteiger partial charge in [-0.3, -0.25) is 4.68 Å². The van der Waals surface area contributed by atoms with E-state index in [2.05, 4.69) is 84.9 Å². The van der Waals surface area contributed by atoms with E-state index in [0.29, 0.717) is 6.61 Å². The molecule has 0 unspecified atom stereocenters. The minimum Gasteiger partial charge on any atom is -0.415 e. The molecule has 0 amide bonds. The lowest BCUT2D eigenvalue weighted by Gasteiger charge is -2.36. The summed E-state index contributed by atoms with van der Waals surface area (Å²) in [6.45, 7) is 21.1. The number of fused-ring (bicyclic) bond motifs is 1. The third-order valence-corrected chi connectivity index (χ3v) is 11.3. The SMILES string of the molecule is CC1(C)OB(c2ccc3c(cnn3CCO[Si](C)(C)C(C)(C)C)c2)OC1(C)C. The molecule has 1 saturated heterocycles. The van der Waals surface area contributed by atoms with Gasteiger partial charge < -0.3 is 13.7 Å². The van der Waals surface area contributed by atoms with Gasteiger partial charge in [0.1, 0.15) is 0 Å². The van der Waals surface area contributed by atoms with Crippen molar-refractivity contribution in [2.45, 2.75) is 84.3 Å². The van der Waals surface area contributed by atoms with E-state index in [4.69, 9.17) is 13.7 Å². The van der Waals surface area contributed by atoms with Crippen LogP contribution < -0.4 is 5.46 Å². The van der Waals surface area contributed by atoms with Crippen LogP contribution in [-0.2, 0) is 20.3 Å². The summed E-state index contributed by atoms with van der Waals surface area (Å²) in [4.78, 5) is 0. The molecule has 2 aromatic rings. The molecule has 154 valence electrons. The smallest absolute Gasteiger partial charge is 0.415 e. The predicted octanol–water partition coefficient (Wildman–Crippen LogP) is 4.36. The molecule has 7 heteroatoms. The van der Waals surface area contributed by atoms with Gasteiger partial charge in [0, 0.05) is 5.39 Å². The van der Waals surface area contributed by atoms with E-state index in [1.807, 2.05) is 10.9 Å². The molecule has 0 bridgehead atoms. The molecule has 0 radical (unpaired) electrons. The van der Waals surface area contributed by atoms with E-state index in [9.17, 15) is 0 Å². The zero-order valence-corrected chi connectivity index (χ0v) is 19.9. The fourth-order valence-electron chi connectivity index (χ4n) is 3.01. The second-order valence-electron chi connectivity index (χ2n) is 10.4. The van der Waals surface area contributed by atoms with Gasteiger partial charge in [-0.2, -0.15) is 5.10 Å². The quantitative estimate of drug-likeness (QED) is 0.698. The summed E-state index contributed by atoms with van der Waals surface area (Å²) in [5.74, 6) is 0. The second kappa shape index (κ2) is 6.97. The van der Waals surface area contributed by atoms with Crippen LogP contribution >= 0.6 is 0 Å². The molecule has 1 aliphatic heterocycles. The third-order valence-electron chi connectivity index (χ3n) is 6.76. The van der Waals surface area contributed by atoms with Crippen molar-refractivity contribution in [3.05, 3.63) is 24.4 Å². The number of benzene rings is 1. The van der Waals surface area contributed by atoms with Crippen molar-refractivity contribution in [3.8, 4) is 0 Å². The van der Waals surface area contributed by atoms with E-state index in [-0.39, 0.29) is 23.4 Å². The number of nitrogens with zero attached hydrogens (tertiary/aromatic N) is 2. The van der Waals surface area contributed by atoms with E-state index >= 15 is 0 Å². The van der Waals surface area contributed by atoms with Gasteiger partial charge in [-0.25, -0.2) is 0 Å². The molecule has 28 heavy (non-hydrogen) atoms. The molecule has 1 aromatic carbocycles. The lowest BCUT2D eigenvalue weighted by molar-refractivity contribution is 0.00578. The highest BCUT2D eigenvalue weighted by Gasteiger charge is 2.51. The Balaban J connectivity index is 1.72. The number of hydrogen-bond donors (Lipinski definition) is 0. The molecule has 2 heterocycles. The van der Waals surface area contributed by atoms with Crippen molar-refractivity contribution in [1.29, 1.82) is 0 Å². The van der Waals surface area contributed by atoms with Crippen LogP contribution in [0.5, 0.6) is 0 Å². The van der Waals surface area contributed by atoms with Gasteiger partial charge in [-0.05, 0) is 57.4 Å². The first-order chi connectivity index (χ1) is 12.7. The molecule has 0 N–H and O–H groups in total. The maximum atomic E-state index is 6.31. The average Bonchev–Trinajstić information content (AvgIpc) is 3.04. The van der Waals surface area contributed by atoms with Crippen LogP contribution in [-0.4, -0.2) is 43.0 Å². The van der Waals surface area contributed by atoms with Crippen LogP contribution in [0, 0.1) is 0 Å². The van der Waals surface area contributed by atoms with Crippen molar-refractivity contribution in [2.75, 3.05) is 6.61 Å². The highest BCUT2D eigenvalue weighted by molar-refractivity contribution is 6.74. The van der Waals surface area contributed by atoms with Crippen molar-refractivity contribution in [3.63, 3.8) is 0 Å². The van der Waals surface area contributed by atoms with E-state index in [1.165, 1.54) is 0 Å². The second-order valence-corrected chi connectivity index (χ2v) is 15.2. The fourth-order valence-corrected chi connectivity index (χ4v) is 4.05. The number of hydrogen-bond acceptors (Lipinski definition) is 4. The zero-order chi connectivity index (χ0) is 21.0. The third kappa shape index (κ3) is 3.95. The van der Waals surface area contributed by atoms with Crippen molar-refractivity contribution in [1.82, 2.24) is 9.78 Å². The summed E-state index contributed by atoms with van der Waals surface area (Å²) in [5.41, 5.74) is 1.47. The van der Waals surface area contributed by atoms with Gasteiger partial charge in [-0.1, -0.05) is 32.9 Å². The molecule has 0 atom stereocenters.